The average molecular weight is 891 g/mol. The van der Waals surface area contributed by atoms with Crippen molar-refractivity contribution in [2.45, 2.75) is 252 Å². The second kappa shape index (κ2) is 52.2. The van der Waals surface area contributed by atoms with E-state index < -0.39 is 6.10 Å². The van der Waals surface area contributed by atoms with Crippen LogP contribution >= 0.6 is 0 Å². The lowest BCUT2D eigenvalue weighted by molar-refractivity contribution is -0.167. The highest BCUT2D eigenvalue weighted by molar-refractivity contribution is 5.71. The Morgan fingerprint density at radius 1 is 0.328 bits per heavy atom. The number of carbonyl (C=O) groups is 3. The fourth-order valence-electron chi connectivity index (χ4n) is 7.13. The van der Waals surface area contributed by atoms with Crippen LogP contribution < -0.4 is 0 Å². The van der Waals surface area contributed by atoms with E-state index in [-0.39, 0.29) is 31.1 Å². The molecule has 0 spiro atoms. The number of hydrogen-bond acceptors (Lipinski definition) is 6. The standard InChI is InChI=1S/C58H98O6/c1-4-7-10-13-16-19-22-25-27-28-29-30-31-34-36-39-42-45-48-51-57(60)63-54-55(53-62-56(59)50-47-44-41-38-35-32-24-21-18-15-12-9-6-3)64-58(61)52-49-46-43-40-37-33-26-23-20-17-14-11-8-5-2/h7,10,14,16-17,19,23,25-27,29-30,34,36,55H,4-6,8-9,11-13,15,18,20-22,24,28,31-33,35,37-54H2,1-3H3/b10-7-,17-14-,19-16-,26-23-,27-25-,30-29-,36-34-. The van der Waals surface area contributed by atoms with Crippen LogP contribution in [-0.4, -0.2) is 37.2 Å². The Morgan fingerprint density at radius 3 is 1.02 bits per heavy atom. The van der Waals surface area contributed by atoms with Crippen LogP contribution in [0.1, 0.15) is 245 Å². The van der Waals surface area contributed by atoms with Crippen LogP contribution in [0.2, 0.25) is 0 Å². The molecule has 0 aromatic carbocycles. The zero-order valence-corrected chi connectivity index (χ0v) is 41.8. The van der Waals surface area contributed by atoms with Gasteiger partial charge in [-0.15, -0.1) is 0 Å². The average Bonchev–Trinajstić information content (AvgIpc) is 3.29. The van der Waals surface area contributed by atoms with Gasteiger partial charge in [-0.2, -0.15) is 0 Å². The molecule has 0 aliphatic heterocycles. The predicted octanol–water partition coefficient (Wildman–Crippen LogP) is 17.6. The van der Waals surface area contributed by atoms with E-state index in [1.54, 1.807) is 0 Å². The molecule has 64 heavy (non-hydrogen) atoms. The van der Waals surface area contributed by atoms with E-state index in [1.807, 2.05) is 0 Å². The predicted molar refractivity (Wildman–Crippen MR) is 274 cm³/mol. The molecule has 6 nitrogen and oxygen atoms in total. The Balaban J connectivity index is 4.45. The largest absolute Gasteiger partial charge is 0.462 e. The highest BCUT2D eigenvalue weighted by Crippen LogP contribution is 2.14. The van der Waals surface area contributed by atoms with Crippen LogP contribution in [0.15, 0.2) is 85.1 Å². The quantitative estimate of drug-likeness (QED) is 0.0262. The summed E-state index contributed by atoms with van der Waals surface area (Å²) < 4.78 is 16.8. The second-order valence-corrected chi connectivity index (χ2v) is 17.4. The maximum atomic E-state index is 12.8. The third-order valence-electron chi connectivity index (χ3n) is 11.1. The smallest absolute Gasteiger partial charge is 0.306 e. The van der Waals surface area contributed by atoms with Crippen molar-refractivity contribution in [2.24, 2.45) is 0 Å². The summed E-state index contributed by atoms with van der Waals surface area (Å²) in [4.78, 5) is 38.0. The summed E-state index contributed by atoms with van der Waals surface area (Å²) in [7, 11) is 0. The number of hydrogen-bond donors (Lipinski definition) is 0. The maximum absolute atomic E-state index is 12.8. The van der Waals surface area contributed by atoms with Crippen molar-refractivity contribution in [1.82, 2.24) is 0 Å². The fourth-order valence-corrected chi connectivity index (χ4v) is 7.13. The van der Waals surface area contributed by atoms with Crippen molar-refractivity contribution in [3.63, 3.8) is 0 Å². The molecule has 366 valence electrons. The van der Waals surface area contributed by atoms with Gasteiger partial charge in [0.15, 0.2) is 6.10 Å². The first-order chi connectivity index (χ1) is 31.5. The minimum Gasteiger partial charge on any atom is -0.462 e. The second-order valence-electron chi connectivity index (χ2n) is 17.4. The molecule has 0 fully saturated rings. The molecule has 0 N–H and O–H groups in total. The van der Waals surface area contributed by atoms with E-state index in [4.69, 9.17) is 14.2 Å². The first kappa shape index (κ1) is 60.6. The SMILES string of the molecule is CC/C=C\C/C=C\C/C=C\C/C=C\C/C=C\CCCCCC(=O)OCC(COC(=O)CCCCCCCCCCCCCCC)OC(=O)CCCCCCC/C=C\C/C=C\CCCC. The summed E-state index contributed by atoms with van der Waals surface area (Å²) in [5.74, 6) is -0.938. The number of allylic oxidation sites excluding steroid dienone is 14. The normalized spacial score (nSPS) is 12.7. The first-order valence-electron chi connectivity index (χ1n) is 26.6. The van der Waals surface area contributed by atoms with Crippen molar-refractivity contribution in [1.29, 1.82) is 0 Å². The number of ether oxygens (including phenoxy) is 3. The van der Waals surface area contributed by atoms with Gasteiger partial charge in [-0.3, -0.25) is 14.4 Å². The van der Waals surface area contributed by atoms with Crippen molar-refractivity contribution >= 4 is 17.9 Å². The molecular weight excluding hydrogens is 793 g/mol. The third kappa shape index (κ3) is 49.6. The van der Waals surface area contributed by atoms with Gasteiger partial charge in [-0.1, -0.05) is 221 Å². The third-order valence-corrected chi connectivity index (χ3v) is 11.1. The molecular formula is C58H98O6. The summed E-state index contributed by atoms with van der Waals surface area (Å²) >= 11 is 0. The van der Waals surface area contributed by atoms with Gasteiger partial charge in [0.2, 0.25) is 0 Å². The van der Waals surface area contributed by atoms with Crippen LogP contribution in [0.5, 0.6) is 0 Å². The minimum absolute atomic E-state index is 0.0917. The van der Waals surface area contributed by atoms with Crippen LogP contribution in [0.3, 0.4) is 0 Å². The maximum Gasteiger partial charge on any atom is 0.306 e. The van der Waals surface area contributed by atoms with E-state index in [1.165, 1.54) is 83.5 Å². The lowest BCUT2D eigenvalue weighted by atomic mass is 10.0. The van der Waals surface area contributed by atoms with Gasteiger partial charge < -0.3 is 14.2 Å². The van der Waals surface area contributed by atoms with E-state index in [2.05, 4.69) is 106 Å². The monoisotopic (exact) mass is 891 g/mol. The van der Waals surface area contributed by atoms with Crippen LogP contribution in [0.4, 0.5) is 0 Å². The van der Waals surface area contributed by atoms with Gasteiger partial charge in [-0.05, 0) is 89.9 Å². The lowest BCUT2D eigenvalue weighted by Gasteiger charge is -2.18. The van der Waals surface area contributed by atoms with E-state index in [0.717, 1.165) is 122 Å². The molecule has 0 saturated heterocycles. The number of carbonyl (C=O) groups excluding carboxylic acids is 3. The van der Waals surface area contributed by atoms with E-state index in [0.29, 0.717) is 19.3 Å². The van der Waals surface area contributed by atoms with E-state index >= 15 is 0 Å². The number of unbranched alkanes of at least 4 members (excludes halogenated alkanes) is 22. The molecule has 6 heteroatoms. The summed E-state index contributed by atoms with van der Waals surface area (Å²) in [6, 6.07) is 0. The molecule has 0 heterocycles. The lowest BCUT2D eigenvalue weighted by Crippen LogP contribution is -2.30. The summed E-state index contributed by atoms with van der Waals surface area (Å²) in [5.41, 5.74) is 0. The van der Waals surface area contributed by atoms with Crippen LogP contribution in [0.25, 0.3) is 0 Å². The van der Waals surface area contributed by atoms with Gasteiger partial charge in [-0.25, -0.2) is 0 Å². The number of rotatable bonds is 47. The molecule has 1 atom stereocenters. The molecule has 0 saturated carbocycles. The van der Waals surface area contributed by atoms with Crippen LogP contribution in [0, 0.1) is 0 Å². The fraction of sp³-hybridized carbons (Fsp3) is 0.707. The first-order valence-corrected chi connectivity index (χ1v) is 26.6. The zero-order valence-electron chi connectivity index (χ0n) is 41.8. The zero-order chi connectivity index (χ0) is 46.5. The molecule has 0 aliphatic rings. The molecule has 0 rings (SSSR count). The molecule has 0 aromatic rings. The molecule has 0 aromatic heterocycles. The molecule has 0 aliphatic carbocycles. The number of esters is 3. The minimum atomic E-state index is -0.796. The van der Waals surface area contributed by atoms with Gasteiger partial charge in [0.05, 0.1) is 0 Å². The molecule has 0 radical (unpaired) electrons. The topological polar surface area (TPSA) is 78.9 Å². The van der Waals surface area contributed by atoms with Crippen molar-refractivity contribution in [2.75, 3.05) is 13.2 Å². The Bertz CT molecular complexity index is 1250. The van der Waals surface area contributed by atoms with Crippen molar-refractivity contribution < 1.29 is 28.6 Å². The van der Waals surface area contributed by atoms with Crippen molar-refractivity contribution in [3.8, 4) is 0 Å². The Morgan fingerprint density at radius 2 is 0.625 bits per heavy atom. The Hall–Kier alpha value is -3.41. The highest BCUT2D eigenvalue weighted by Gasteiger charge is 2.19. The molecule has 0 amide bonds. The molecule has 1 unspecified atom stereocenters. The summed E-state index contributed by atoms with van der Waals surface area (Å²) in [6.45, 7) is 6.44. The van der Waals surface area contributed by atoms with Crippen molar-refractivity contribution in [3.05, 3.63) is 85.1 Å². The van der Waals surface area contributed by atoms with E-state index in [9.17, 15) is 14.4 Å². The van der Waals surface area contributed by atoms with Gasteiger partial charge in [0.1, 0.15) is 13.2 Å². The highest BCUT2D eigenvalue weighted by atomic mass is 16.6. The summed E-state index contributed by atoms with van der Waals surface area (Å²) in [5, 5.41) is 0. The molecule has 0 bridgehead atoms. The van der Waals surface area contributed by atoms with Gasteiger partial charge in [0, 0.05) is 19.3 Å². The summed E-state index contributed by atoms with van der Waals surface area (Å²) in [6.07, 6.45) is 67.0. The van der Waals surface area contributed by atoms with Crippen LogP contribution in [-0.2, 0) is 28.6 Å². The Kier molecular flexibility index (Phi) is 49.4. The van der Waals surface area contributed by atoms with Gasteiger partial charge in [0.25, 0.3) is 0 Å². The van der Waals surface area contributed by atoms with Gasteiger partial charge >= 0.3 is 17.9 Å². The Labute approximate surface area is 395 Å².